The van der Waals surface area contributed by atoms with Crippen LogP contribution in [0.15, 0.2) is 12.1 Å². The molecule has 14 heavy (non-hydrogen) atoms. The van der Waals surface area contributed by atoms with Crippen LogP contribution in [-0.4, -0.2) is 29.2 Å². The molecule has 1 aromatic heterocycles. The fourth-order valence-corrected chi connectivity index (χ4v) is 1.51. The van der Waals surface area contributed by atoms with Crippen molar-refractivity contribution in [3.05, 3.63) is 17.3 Å². The van der Waals surface area contributed by atoms with Crippen molar-refractivity contribution < 1.29 is 8.78 Å². The Kier molecular flexibility index (Phi) is 2.26. The predicted octanol–water partition coefficient (Wildman–Crippen LogP) is 1.98. The summed E-state index contributed by atoms with van der Waals surface area (Å²) in [5.41, 5.74) is 0. The van der Waals surface area contributed by atoms with E-state index in [-0.39, 0.29) is 18.1 Å². The van der Waals surface area contributed by atoms with Crippen molar-refractivity contribution in [3.63, 3.8) is 0 Å². The summed E-state index contributed by atoms with van der Waals surface area (Å²) in [6.45, 7) is 0.0205. The summed E-state index contributed by atoms with van der Waals surface area (Å²) < 4.78 is 25.7. The summed E-state index contributed by atoms with van der Waals surface area (Å²) in [6, 6.07) is 3.14. The fourth-order valence-electron chi connectivity index (χ4n) is 1.41. The van der Waals surface area contributed by atoms with Crippen LogP contribution in [0.3, 0.4) is 0 Å². The number of hydrogen-bond donors (Lipinski definition) is 0. The number of anilines is 1. The summed E-state index contributed by atoms with van der Waals surface area (Å²) >= 11 is 5.53. The van der Waals surface area contributed by atoms with E-state index in [0.29, 0.717) is 12.4 Å². The molecule has 0 aliphatic carbocycles. The van der Waals surface area contributed by atoms with Crippen LogP contribution in [0.1, 0.15) is 6.42 Å². The van der Waals surface area contributed by atoms with Crippen LogP contribution in [-0.2, 0) is 0 Å². The molecule has 0 aromatic carbocycles. The van der Waals surface area contributed by atoms with Crippen LogP contribution in [0.5, 0.6) is 0 Å². The predicted molar refractivity (Wildman–Crippen MR) is 48.8 cm³/mol. The second-order valence-corrected chi connectivity index (χ2v) is 3.63. The molecule has 0 N–H and O–H groups in total. The van der Waals surface area contributed by atoms with Gasteiger partial charge in [-0.05, 0) is 12.1 Å². The minimum atomic E-state index is -2.61. The first-order valence-corrected chi connectivity index (χ1v) is 4.57. The largest absolute Gasteiger partial charge is 0.349 e. The van der Waals surface area contributed by atoms with Crippen LogP contribution >= 0.6 is 11.6 Å². The summed E-state index contributed by atoms with van der Waals surface area (Å²) in [7, 11) is 0. The Morgan fingerprint density at radius 3 is 2.64 bits per heavy atom. The summed E-state index contributed by atoms with van der Waals surface area (Å²) in [6.07, 6.45) is -0.128. The lowest BCUT2D eigenvalue weighted by molar-refractivity contribution is 0.0256. The Bertz CT molecular complexity index is 328. The van der Waals surface area contributed by atoms with Crippen molar-refractivity contribution in [2.24, 2.45) is 0 Å². The van der Waals surface area contributed by atoms with Gasteiger partial charge < -0.3 is 4.90 Å². The van der Waals surface area contributed by atoms with Gasteiger partial charge in [-0.25, -0.2) is 8.78 Å². The van der Waals surface area contributed by atoms with Crippen molar-refractivity contribution in [1.29, 1.82) is 0 Å². The van der Waals surface area contributed by atoms with Gasteiger partial charge in [0.2, 0.25) is 0 Å². The highest BCUT2D eigenvalue weighted by atomic mass is 35.5. The van der Waals surface area contributed by atoms with Crippen LogP contribution in [0.4, 0.5) is 14.6 Å². The summed E-state index contributed by atoms with van der Waals surface area (Å²) in [4.78, 5) is 1.50. The third-order valence-electron chi connectivity index (χ3n) is 2.11. The average molecular weight is 220 g/mol. The molecular weight excluding hydrogens is 212 g/mol. The quantitative estimate of drug-likeness (QED) is 0.723. The van der Waals surface area contributed by atoms with Crippen molar-refractivity contribution in [1.82, 2.24) is 10.2 Å². The lowest BCUT2D eigenvalue weighted by Crippen LogP contribution is -2.25. The summed E-state index contributed by atoms with van der Waals surface area (Å²) in [5, 5.41) is 7.60. The molecule has 0 spiro atoms. The van der Waals surface area contributed by atoms with E-state index in [1.54, 1.807) is 12.1 Å². The van der Waals surface area contributed by atoms with Crippen molar-refractivity contribution in [2.75, 3.05) is 18.0 Å². The molecule has 2 rings (SSSR count). The average Bonchev–Trinajstić information content (AvgIpc) is 2.47. The Morgan fingerprint density at radius 1 is 1.36 bits per heavy atom. The summed E-state index contributed by atoms with van der Waals surface area (Å²) in [5.74, 6) is -2.16. The van der Waals surface area contributed by atoms with E-state index in [4.69, 9.17) is 11.6 Å². The maximum absolute atomic E-state index is 12.8. The van der Waals surface area contributed by atoms with E-state index < -0.39 is 5.92 Å². The number of halogens is 3. The highest BCUT2D eigenvalue weighted by Crippen LogP contribution is 2.29. The smallest absolute Gasteiger partial charge is 0.266 e. The van der Waals surface area contributed by atoms with Crippen molar-refractivity contribution in [2.45, 2.75) is 12.3 Å². The Labute approximate surface area is 84.7 Å². The van der Waals surface area contributed by atoms with Gasteiger partial charge in [0.05, 0.1) is 6.54 Å². The van der Waals surface area contributed by atoms with E-state index in [1.165, 1.54) is 4.90 Å². The van der Waals surface area contributed by atoms with E-state index >= 15 is 0 Å². The first-order chi connectivity index (χ1) is 6.57. The highest BCUT2D eigenvalue weighted by Gasteiger charge is 2.38. The molecule has 0 unspecified atom stereocenters. The molecule has 3 nitrogen and oxygen atoms in total. The van der Waals surface area contributed by atoms with Gasteiger partial charge in [-0.2, -0.15) is 0 Å². The lowest BCUT2D eigenvalue weighted by Gasteiger charge is -2.15. The second kappa shape index (κ2) is 3.31. The molecule has 1 fully saturated rings. The third-order valence-corrected chi connectivity index (χ3v) is 2.31. The van der Waals surface area contributed by atoms with E-state index in [9.17, 15) is 8.78 Å². The van der Waals surface area contributed by atoms with E-state index in [1.807, 2.05) is 0 Å². The van der Waals surface area contributed by atoms with Crippen LogP contribution in [0.2, 0.25) is 5.15 Å². The minimum Gasteiger partial charge on any atom is -0.349 e. The molecule has 0 saturated carbocycles. The molecule has 76 valence electrons. The molecule has 2 heterocycles. The lowest BCUT2D eigenvalue weighted by atomic mass is 10.3. The Hall–Kier alpha value is -0.970. The van der Waals surface area contributed by atoms with Gasteiger partial charge in [0, 0.05) is 13.0 Å². The number of rotatable bonds is 1. The number of hydrogen-bond acceptors (Lipinski definition) is 3. The monoisotopic (exact) mass is 219 g/mol. The van der Waals surface area contributed by atoms with Gasteiger partial charge in [-0.3, -0.25) is 0 Å². The molecular formula is C8H8ClF2N3. The van der Waals surface area contributed by atoms with Gasteiger partial charge in [0.1, 0.15) is 0 Å². The van der Waals surface area contributed by atoms with Gasteiger partial charge in [0.25, 0.3) is 5.92 Å². The minimum absolute atomic E-state index is 0.128. The Balaban J connectivity index is 2.14. The first-order valence-electron chi connectivity index (χ1n) is 4.19. The zero-order valence-corrected chi connectivity index (χ0v) is 8.01. The zero-order valence-electron chi connectivity index (χ0n) is 7.25. The topological polar surface area (TPSA) is 29.0 Å². The van der Waals surface area contributed by atoms with E-state index in [2.05, 4.69) is 10.2 Å². The molecule has 1 saturated heterocycles. The van der Waals surface area contributed by atoms with Gasteiger partial charge in [-0.1, -0.05) is 11.6 Å². The van der Waals surface area contributed by atoms with Crippen LogP contribution < -0.4 is 4.90 Å². The van der Waals surface area contributed by atoms with Gasteiger partial charge in [-0.15, -0.1) is 10.2 Å². The molecule has 1 aliphatic heterocycles. The van der Waals surface area contributed by atoms with Crippen molar-refractivity contribution in [3.8, 4) is 0 Å². The van der Waals surface area contributed by atoms with Crippen molar-refractivity contribution >= 4 is 17.4 Å². The van der Waals surface area contributed by atoms with Crippen LogP contribution in [0, 0.1) is 0 Å². The molecule has 1 aliphatic rings. The van der Waals surface area contributed by atoms with Gasteiger partial charge in [0.15, 0.2) is 11.0 Å². The fraction of sp³-hybridized carbons (Fsp3) is 0.500. The normalized spacial score (nSPS) is 20.1. The highest BCUT2D eigenvalue weighted by molar-refractivity contribution is 6.29. The number of alkyl halides is 2. The molecule has 6 heteroatoms. The molecule has 1 aromatic rings. The van der Waals surface area contributed by atoms with Gasteiger partial charge >= 0.3 is 0 Å². The Morgan fingerprint density at radius 2 is 2.14 bits per heavy atom. The first kappa shape index (κ1) is 9.58. The van der Waals surface area contributed by atoms with Crippen LogP contribution in [0.25, 0.3) is 0 Å². The maximum Gasteiger partial charge on any atom is 0.266 e. The molecule has 0 radical (unpaired) electrons. The standard InChI is InChI=1S/C8H8ClF2N3/c9-6-1-2-7(13-12-6)14-4-3-8(10,11)5-14/h1-2H,3-5H2. The number of nitrogens with zero attached hydrogens (tertiary/aromatic N) is 3. The molecule has 0 bridgehead atoms. The zero-order chi connectivity index (χ0) is 10.2. The SMILES string of the molecule is FC1(F)CCN(c2ccc(Cl)nn2)C1. The van der Waals surface area contributed by atoms with E-state index in [0.717, 1.165) is 0 Å². The number of aromatic nitrogens is 2. The molecule has 0 amide bonds. The third kappa shape index (κ3) is 1.92. The maximum atomic E-state index is 12.8. The molecule has 0 atom stereocenters. The second-order valence-electron chi connectivity index (χ2n) is 3.24.